The molecule has 10 heteroatoms. The topological polar surface area (TPSA) is 104 Å². The Morgan fingerprint density at radius 3 is 2.50 bits per heavy atom. The summed E-state index contributed by atoms with van der Waals surface area (Å²) in [6.07, 6.45) is 2.72. The summed E-state index contributed by atoms with van der Waals surface area (Å²) in [5, 5.41) is 23.0. The van der Waals surface area contributed by atoms with Crippen LogP contribution in [0.3, 0.4) is 0 Å². The van der Waals surface area contributed by atoms with Crippen LogP contribution in [-0.2, 0) is 12.6 Å². The van der Waals surface area contributed by atoms with Crippen molar-refractivity contribution in [1.29, 1.82) is 5.26 Å². The quantitative estimate of drug-likeness (QED) is 0.346. The molecule has 1 fully saturated rings. The average Bonchev–Trinajstić information content (AvgIpc) is 3.48. The van der Waals surface area contributed by atoms with Gasteiger partial charge in [0.05, 0.1) is 26.6 Å². The lowest BCUT2D eigenvalue weighted by Gasteiger charge is -2.21. The van der Waals surface area contributed by atoms with Gasteiger partial charge in [0.15, 0.2) is 11.6 Å². The number of benzene rings is 2. The molecule has 4 aromatic rings. The van der Waals surface area contributed by atoms with Gasteiger partial charge in [0.1, 0.15) is 17.1 Å². The number of amides is 1. The number of hydrogen-bond donors (Lipinski definition) is 2. The van der Waals surface area contributed by atoms with Crippen LogP contribution in [0.1, 0.15) is 41.9 Å². The number of aromatic nitrogens is 1. The minimum atomic E-state index is -1.23. The normalized spacial score (nSPS) is 14.2. The van der Waals surface area contributed by atoms with Crippen LogP contribution in [0.25, 0.3) is 21.2 Å². The highest BCUT2D eigenvalue weighted by Crippen LogP contribution is 2.42. The summed E-state index contributed by atoms with van der Waals surface area (Å²) < 4.78 is 35.6. The number of nitrogens with zero attached hydrogens (tertiary/aromatic N) is 2. The van der Waals surface area contributed by atoms with Crippen molar-refractivity contribution >= 4 is 27.3 Å². The molecule has 7 nitrogen and oxygen atoms in total. The molecule has 2 aromatic heterocycles. The first-order valence-corrected chi connectivity index (χ1v) is 12.6. The van der Waals surface area contributed by atoms with Gasteiger partial charge in [-0.25, -0.2) is 8.78 Å². The fraction of sp³-hybridized carbons (Fsp3) is 0.250. The molecular formula is C28H23F2N3O4S. The zero-order chi connectivity index (χ0) is 27.4. The lowest BCUT2D eigenvalue weighted by Crippen LogP contribution is -2.35. The van der Waals surface area contributed by atoms with Crippen molar-refractivity contribution in [1.82, 2.24) is 9.88 Å². The van der Waals surface area contributed by atoms with E-state index >= 15 is 0 Å². The summed E-state index contributed by atoms with van der Waals surface area (Å²) in [5.74, 6) is -2.10. The molecule has 1 saturated carbocycles. The van der Waals surface area contributed by atoms with Crippen molar-refractivity contribution in [2.75, 3.05) is 0 Å². The Kier molecular flexibility index (Phi) is 6.09. The predicted octanol–water partition coefficient (Wildman–Crippen LogP) is 5.35. The van der Waals surface area contributed by atoms with E-state index in [0.29, 0.717) is 40.3 Å². The molecule has 1 amide bonds. The van der Waals surface area contributed by atoms with Crippen LogP contribution in [-0.4, -0.2) is 21.1 Å². The Morgan fingerprint density at radius 2 is 1.87 bits per heavy atom. The second kappa shape index (κ2) is 9.04. The van der Waals surface area contributed by atoms with Crippen LogP contribution >= 0.6 is 11.3 Å². The molecule has 0 radical (unpaired) electrons. The minimum absolute atomic E-state index is 0.198. The highest BCUT2D eigenvalue weighted by molar-refractivity contribution is 7.21. The number of ether oxygens (including phenoxy) is 1. The SMILES string of the molecule is Cn1cc(-c2cc(C(C)(C)O)ccc2Oc2ccc(F)cc2F)c2sc(C(=O)NC3(C#N)CC3)cc2c1=O. The summed E-state index contributed by atoms with van der Waals surface area (Å²) in [7, 11) is 1.57. The number of nitrogens with one attached hydrogen (secondary N) is 1. The first kappa shape index (κ1) is 25.6. The minimum Gasteiger partial charge on any atom is -0.454 e. The van der Waals surface area contributed by atoms with Gasteiger partial charge < -0.3 is 19.7 Å². The Morgan fingerprint density at radius 1 is 1.16 bits per heavy atom. The number of nitriles is 1. The van der Waals surface area contributed by atoms with Gasteiger partial charge in [0, 0.05) is 30.4 Å². The molecule has 194 valence electrons. The highest BCUT2D eigenvalue weighted by Gasteiger charge is 2.45. The van der Waals surface area contributed by atoms with Crippen LogP contribution in [0, 0.1) is 23.0 Å². The summed E-state index contributed by atoms with van der Waals surface area (Å²) in [6.45, 7) is 3.22. The van der Waals surface area contributed by atoms with Gasteiger partial charge in [-0.1, -0.05) is 6.07 Å². The number of carbonyl (C=O) groups excluding carboxylic acids is 1. The molecule has 2 aromatic carbocycles. The molecular weight excluding hydrogens is 512 g/mol. The van der Waals surface area contributed by atoms with Crippen LogP contribution < -0.4 is 15.6 Å². The number of fused-ring (bicyclic) bond motifs is 1. The number of pyridine rings is 1. The van der Waals surface area contributed by atoms with Crippen LogP contribution in [0.15, 0.2) is 53.5 Å². The van der Waals surface area contributed by atoms with E-state index in [4.69, 9.17) is 4.74 Å². The average molecular weight is 536 g/mol. The zero-order valence-corrected chi connectivity index (χ0v) is 21.6. The van der Waals surface area contributed by atoms with Crippen molar-refractivity contribution in [3.8, 4) is 28.7 Å². The third kappa shape index (κ3) is 4.66. The predicted molar refractivity (Wildman–Crippen MR) is 139 cm³/mol. The molecule has 38 heavy (non-hydrogen) atoms. The molecule has 2 N–H and O–H groups in total. The lowest BCUT2D eigenvalue weighted by atomic mass is 9.94. The molecule has 2 heterocycles. The molecule has 0 saturated heterocycles. The van der Waals surface area contributed by atoms with Gasteiger partial charge in [0.2, 0.25) is 0 Å². The van der Waals surface area contributed by atoms with Crippen LogP contribution in [0.5, 0.6) is 11.5 Å². The summed E-state index contributed by atoms with van der Waals surface area (Å²) >= 11 is 1.09. The van der Waals surface area contributed by atoms with E-state index in [1.54, 1.807) is 45.3 Å². The number of carbonyl (C=O) groups is 1. The van der Waals surface area contributed by atoms with Gasteiger partial charge in [0.25, 0.3) is 11.5 Å². The summed E-state index contributed by atoms with van der Waals surface area (Å²) in [6, 6.07) is 11.4. The number of rotatable bonds is 6. The number of thiophene rings is 1. The van der Waals surface area contributed by atoms with Crippen LogP contribution in [0.4, 0.5) is 8.78 Å². The Hall–Kier alpha value is -4.07. The standard InChI is InChI=1S/C28H23F2N3O4S/c1-27(2,36)15-4-6-21(37-22-7-5-16(29)11-20(22)30)17(10-15)19-13-33(3)26(35)18-12-23(38-24(18)19)25(34)32-28(14-31)8-9-28/h4-7,10-13,36H,8-9H2,1-3H3,(H,32,34). The molecule has 5 rings (SSSR count). The third-order valence-corrected chi connectivity index (χ3v) is 7.65. The maximum atomic E-state index is 14.5. The van der Waals surface area contributed by atoms with Crippen molar-refractivity contribution in [2.45, 2.75) is 37.8 Å². The third-order valence-electron chi connectivity index (χ3n) is 6.48. The van der Waals surface area contributed by atoms with Crippen molar-refractivity contribution in [2.24, 2.45) is 7.05 Å². The molecule has 0 atom stereocenters. The van der Waals surface area contributed by atoms with Gasteiger partial charge in [-0.05, 0) is 62.6 Å². The molecule has 1 aliphatic rings. The van der Waals surface area contributed by atoms with Crippen molar-refractivity contribution in [3.05, 3.63) is 81.1 Å². The Bertz CT molecular complexity index is 1710. The second-order valence-corrected chi connectivity index (χ2v) is 11.0. The van der Waals surface area contributed by atoms with E-state index < -0.39 is 28.7 Å². The summed E-state index contributed by atoms with van der Waals surface area (Å²) in [5.41, 5.74) is -0.964. The van der Waals surface area contributed by atoms with Crippen LogP contribution in [0.2, 0.25) is 0 Å². The maximum Gasteiger partial charge on any atom is 0.262 e. The van der Waals surface area contributed by atoms with E-state index in [1.165, 1.54) is 16.7 Å². The molecule has 0 bridgehead atoms. The fourth-order valence-corrected chi connectivity index (χ4v) is 5.18. The smallest absolute Gasteiger partial charge is 0.262 e. The van der Waals surface area contributed by atoms with E-state index in [0.717, 1.165) is 17.4 Å². The van der Waals surface area contributed by atoms with E-state index in [9.17, 15) is 28.7 Å². The number of halogens is 2. The van der Waals surface area contributed by atoms with Gasteiger partial charge in [-0.3, -0.25) is 9.59 Å². The fourth-order valence-electron chi connectivity index (χ4n) is 4.11. The first-order valence-electron chi connectivity index (χ1n) is 11.8. The largest absolute Gasteiger partial charge is 0.454 e. The zero-order valence-electron chi connectivity index (χ0n) is 20.8. The number of hydrogen-bond acceptors (Lipinski definition) is 6. The Balaban J connectivity index is 1.69. The van der Waals surface area contributed by atoms with Crippen molar-refractivity contribution < 1.29 is 23.4 Å². The lowest BCUT2D eigenvalue weighted by molar-refractivity contribution is 0.0786. The monoisotopic (exact) mass is 535 g/mol. The van der Waals surface area contributed by atoms with E-state index in [1.807, 2.05) is 0 Å². The molecule has 0 unspecified atom stereocenters. The Labute approximate surface area is 220 Å². The molecule has 0 spiro atoms. The van der Waals surface area contributed by atoms with Gasteiger partial charge in [-0.15, -0.1) is 11.3 Å². The number of aryl methyl sites for hydroxylation is 1. The maximum absolute atomic E-state index is 14.5. The highest BCUT2D eigenvalue weighted by atomic mass is 32.1. The summed E-state index contributed by atoms with van der Waals surface area (Å²) in [4.78, 5) is 26.2. The van der Waals surface area contributed by atoms with Gasteiger partial charge >= 0.3 is 0 Å². The van der Waals surface area contributed by atoms with E-state index in [-0.39, 0.29) is 27.3 Å². The van der Waals surface area contributed by atoms with Gasteiger partial charge in [-0.2, -0.15) is 5.26 Å². The van der Waals surface area contributed by atoms with Crippen molar-refractivity contribution in [3.63, 3.8) is 0 Å². The first-order chi connectivity index (χ1) is 17.9. The second-order valence-electron chi connectivity index (χ2n) is 9.91. The molecule has 0 aliphatic heterocycles. The molecule has 1 aliphatic carbocycles. The number of aliphatic hydroxyl groups is 1. The van der Waals surface area contributed by atoms with E-state index in [2.05, 4.69) is 11.4 Å².